The van der Waals surface area contributed by atoms with E-state index in [-0.39, 0.29) is 24.4 Å². The molecule has 22 heavy (non-hydrogen) atoms. The van der Waals surface area contributed by atoms with Crippen molar-refractivity contribution >= 4 is 39.7 Å². The van der Waals surface area contributed by atoms with Gasteiger partial charge in [-0.3, -0.25) is 4.79 Å². The van der Waals surface area contributed by atoms with Gasteiger partial charge in [-0.25, -0.2) is 0 Å². The summed E-state index contributed by atoms with van der Waals surface area (Å²) in [6, 6.07) is 6.23. The molecule has 4 nitrogen and oxygen atoms in total. The molecule has 1 aliphatic heterocycles. The van der Waals surface area contributed by atoms with E-state index in [0.29, 0.717) is 0 Å². The van der Waals surface area contributed by atoms with Gasteiger partial charge in [0.1, 0.15) is 5.75 Å². The molecule has 0 bridgehead atoms. The van der Waals surface area contributed by atoms with Gasteiger partial charge in [0.25, 0.3) is 5.91 Å². The third-order valence-corrected chi connectivity index (χ3v) is 5.36. The maximum absolute atomic E-state index is 12.8. The lowest BCUT2D eigenvalue weighted by Crippen LogP contribution is -2.52. The molecule has 6 heteroatoms. The number of methoxy groups -OCH3 is 1. The first-order valence-electron chi connectivity index (χ1n) is 7.20. The number of aryl methyl sites for hydroxylation is 1. The van der Waals surface area contributed by atoms with Crippen LogP contribution in [0.1, 0.15) is 22.2 Å². The fraction of sp³-hybridized carbons (Fsp3) is 0.438. The summed E-state index contributed by atoms with van der Waals surface area (Å²) >= 11 is 1.58. The number of fused-ring (bicyclic) bond motifs is 1. The van der Waals surface area contributed by atoms with Crippen molar-refractivity contribution in [3.8, 4) is 5.75 Å². The van der Waals surface area contributed by atoms with Gasteiger partial charge in [0.2, 0.25) is 0 Å². The molecule has 2 heterocycles. The molecule has 1 fully saturated rings. The van der Waals surface area contributed by atoms with E-state index in [1.807, 2.05) is 30.0 Å². The van der Waals surface area contributed by atoms with Crippen LogP contribution in [0.5, 0.6) is 5.75 Å². The number of carbonyl (C=O) groups is 1. The van der Waals surface area contributed by atoms with Crippen LogP contribution in [0.15, 0.2) is 18.2 Å². The summed E-state index contributed by atoms with van der Waals surface area (Å²) in [5.41, 5.74) is 1.06. The topological polar surface area (TPSA) is 41.6 Å². The SMILES string of the molecule is COc1ccc2sc(C(=O)N3CCNC[C@@H]3C)c(C)c2c1.Cl. The zero-order valence-electron chi connectivity index (χ0n) is 13.0. The van der Waals surface area contributed by atoms with Gasteiger partial charge in [-0.2, -0.15) is 0 Å². The van der Waals surface area contributed by atoms with Crippen molar-refractivity contribution in [3.05, 3.63) is 28.6 Å². The van der Waals surface area contributed by atoms with Crippen molar-refractivity contribution in [3.63, 3.8) is 0 Å². The zero-order valence-corrected chi connectivity index (χ0v) is 14.6. The standard InChI is InChI=1S/C16H20N2O2S.ClH/c1-10-9-17-6-7-18(10)16(19)15-11(2)13-8-12(20-3)4-5-14(13)21-15;/h4-5,8,10,17H,6-7,9H2,1-3H3;1H/t10-;/m0./s1. The predicted octanol–water partition coefficient (Wildman–Crippen LogP) is 3.07. The Kier molecular flexibility index (Phi) is 5.32. The first-order chi connectivity index (χ1) is 10.1. The summed E-state index contributed by atoms with van der Waals surface area (Å²) in [5.74, 6) is 0.986. The lowest BCUT2D eigenvalue weighted by atomic mass is 10.1. The molecule has 3 rings (SSSR count). The van der Waals surface area contributed by atoms with Crippen LogP contribution in [0.2, 0.25) is 0 Å². The van der Waals surface area contributed by atoms with E-state index in [0.717, 1.165) is 45.9 Å². The summed E-state index contributed by atoms with van der Waals surface area (Å²) in [6.45, 7) is 6.63. The first-order valence-corrected chi connectivity index (χ1v) is 8.02. The molecule has 0 aliphatic carbocycles. The van der Waals surface area contributed by atoms with Crippen LogP contribution in [0.3, 0.4) is 0 Å². The van der Waals surface area contributed by atoms with E-state index in [1.54, 1.807) is 18.4 Å². The zero-order chi connectivity index (χ0) is 15.0. The Labute approximate surface area is 140 Å². The minimum atomic E-state index is 0. The van der Waals surface area contributed by atoms with Crippen molar-refractivity contribution in [1.82, 2.24) is 10.2 Å². The average Bonchev–Trinajstić information content (AvgIpc) is 2.83. The molecule has 1 amide bonds. The number of benzene rings is 1. The van der Waals surface area contributed by atoms with E-state index in [1.165, 1.54) is 0 Å². The van der Waals surface area contributed by atoms with Crippen LogP contribution in [-0.2, 0) is 0 Å². The molecule has 1 N–H and O–H groups in total. The third-order valence-electron chi connectivity index (χ3n) is 4.10. The highest BCUT2D eigenvalue weighted by molar-refractivity contribution is 7.21. The fourth-order valence-corrected chi connectivity index (χ4v) is 3.95. The number of ether oxygens (including phenoxy) is 1. The van der Waals surface area contributed by atoms with Crippen molar-refractivity contribution in [1.29, 1.82) is 0 Å². The molecule has 0 unspecified atom stereocenters. The molecule has 1 aliphatic rings. The molecule has 1 atom stereocenters. The Morgan fingerprint density at radius 3 is 2.91 bits per heavy atom. The van der Waals surface area contributed by atoms with Gasteiger partial charge < -0.3 is 15.0 Å². The summed E-state index contributed by atoms with van der Waals surface area (Å²) < 4.78 is 6.42. The number of rotatable bonds is 2. The number of carbonyl (C=O) groups excluding carboxylic acids is 1. The second-order valence-corrected chi connectivity index (χ2v) is 6.52. The largest absolute Gasteiger partial charge is 0.497 e. The Morgan fingerprint density at radius 2 is 2.23 bits per heavy atom. The molecule has 1 saturated heterocycles. The highest BCUT2D eigenvalue weighted by atomic mass is 35.5. The molecular weight excluding hydrogens is 320 g/mol. The quantitative estimate of drug-likeness (QED) is 0.913. The fourth-order valence-electron chi connectivity index (χ4n) is 2.80. The van der Waals surface area contributed by atoms with Crippen molar-refractivity contribution in [2.24, 2.45) is 0 Å². The summed E-state index contributed by atoms with van der Waals surface area (Å²) in [7, 11) is 1.66. The van der Waals surface area contributed by atoms with Crippen LogP contribution < -0.4 is 10.1 Å². The van der Waals surface area contributed by atoms with Gasteiger partial charge in [-0.1, -0.05) is 0 Å². The number of hydrogen-bond donors (Lipinski definition) is 1. The molecule has 2 aromatic rings. The van der Waals surface area contributed by atoms with Crippen LogP contribution in [0, 0.1) is 6.92 Å². The number of nitrogens with zero attached hydrogens (tertiary/aromatic N) is 1. The van der Waals surface area contributed by atoms with Gasteiger partial charge in [-0.05, 0) is 43.0 Å². The van der Waals surface area contributed by atoms with Gasteiger partial charge in [0, 0.05) is 30.4 Å². The number of amides is 1. The van der Waals surface area contributed by atoms with Gasteiger partial charge >= 0.3 is 0 Å². The molecule has 120 valence electrons. The van der Waals surface area contributed by atoms with E-state index in [4.69, 9.17) is 4.74 Å². The lowest BCUT2D eigenvalue weighted by molar-refractivity contribution is 0.0660. The highest BCUT2D eigenvalue weighted by Crippen LogP contribution is 2.34. The van der Waals surface area contributed by atoms with E-state index < -0.39 is 0 Å². The van der Waals surface area contributed by atoms with Gasteiger partial charge in [0.05, 0.1) is 12.0 Å². The second-order valence-electron chi connectivity index (χ2n) is 5.47. The number of thiophene rings is 1. The lowest BCUT2D eigenvalue weighted by Gasteiger charge is -2.33. The second kappa shape index (κ2) is 6.86. The summed E-state index contributed by atoms with van der Waals surface area (Å²) in [6.07, 6.45) is 0. The first kappa shape index (κ1) is 17.1. The van der Waals surface area contributed by atoms with E-state index in [2.05, 4.69) is 12.2 Å². The van der Waals surface area contributed by atoms with Crippen molar-refractivity contribution in [2.45, 2.75) is 19.9 Å². The maximum Gasteiger partial charge on any atom is 0.264 e. The normalized spacial score (nSPS) is 18.1. The van der Waals surface area contributed by atoms with Gasteiger partial charge in [0.15, 0.2) is 0 Å². The highest BCUT2D eigenvalue weighted by Gasteiger charge is 2.27. The van der Waals surface area contributed by atoms with Gasteiger partial charge in [-0.15, -0.1) is 23.7 Å². The Bertz CT molecular complexity index is 686. The Hall–Kier alpha value is -1.30. The van der Waals surface area contributed by atoms with Crippen LogP contribution in [0.4, 0.5) is 0 Å². The average molecular weight is 341 g/mol. The predicted molar refractivity (Wildman–Crippen MR) is 93.7 cm³/mol. The number of nitrogens with one attached hydrogen (secondary N) is 1. The van der Waals surface area contributed by atoms with E-state index >= 15 is 0 Å². The number of piperazine rings is 1. The Balaban J connectivity index is 0.00000176. The maximum atomic E-state index is 12.8. The van der Waals surface area contributed by atoms with Crippen molar-refractivity contribution < 1.29 is 9.53 Å². The smallest absolute Gasteiger partial charge is 0.264 e. The molecule has 0 radical (unpaired) electrons. The molecule has 0 spiro atoms. The monoisotopic (exact) mass is 340 g/mol. The minimum absolute atomic E-state index is 0. The van der Waals surface area contributed by atoms with Crippen LogP contribution >= 0.6 is 23.7 Å². The molecule has 1 aromatic carbocycles. The third kappa shape index (κ3) is 2.93. The van der Waals surface area contributed by atoms with Crippen LogP contribution in [-0.4, -0.2) is 43.6 Å². The summed E-state index contributed by atoms with van der Waals surface area (Å²) in [5, 5.41) is 4.44. The minimum Gasteiger partial charge on any atom is -0.497 e. The molecule has 1 aromatic heterocycles. The molecule has 0 saturated carbocycles. The number of halogens is 1. The summed E-state index contributed by atoms with van der Waals surface area (Å²) in [4.78, 5) is 15.7. The van der Waals surface area contributed by atoms with Crippen LogP contribution in [0.25, 0.3) is 10.1 Å². The van der Waals surface area contributed by atoms with Crippen molar-refractivity contribution in [2.75, 3.05) is 26.7 Å². The number of hydrogen-bond acceptors (Lipinski definition) is 4. The Morgan fingerprint density at radius 1 is 1.45 bits per heavy atom. The molecular formula is C16H21ClN2O2S. The van der Waals surface area contributed by atoms with E-state index in [9.17, 15) is 4.79 Å².